The number of para-hydroxylation sites is 1. The summed E-state index contributed by atoms with van der Waals surface area (Å²) in [5, 5.41) is 10.6. The molecule has 3 rings (SSSR count). The lowest BCUT2D eigenvalue weighted by Crippen LogP contribution is -2.57. The molecule has 2 heterocycles. The van der Waals surface area contributed by atoms with Crippen LogP contribution in [-0.2, 0) is 0 Å². The normalized spacial score (nSPS) is 23.8. The third-order valence-corrected chi connectivity index (χ3v) is 4.43. The number of ether oxygens (including phenoxy) is 1. The van der Waals surface area contributed by atoms with Crippen molar-refractivity contribution in [3.63, 3.8) is 0 Å². The minimum Gasteiger partial charge on any atom is -0.486 e. The van der Waals surface area contributed by atoms with Gasteiger partial charge in [0.05, 0.1) is 12.1 Å². The third kappa shape index (κ3) is 3.57. The van der Waals surface area contributed by atoms with Crippen LogP contribution in [-0.4, -0.2) is 45.7 Å². The lowest BCUT2D eigenvalue weighted by atomic mass is 9.90. The number of aryl methyl sites for hydroxylation is 1. The Labute approximate surface area is 141 Å². The largest absolute Gasteiger partial charge is 0.486 e. The second-order valence-corrected chi connectivity index (χ2v) is 6.47. The molecule has 2 atom stereocenters. The fourth-order valence-corrected chi connectivity index (χ4v) is 2.80. The van der Waals surface area contributed by atoms with Gasteiger partial charge in [-0.05, 0) is 44.5 Å². The molecule has 0 bridgehead atoms. The van der Waals surface area contributed by atoms with E-state index in [2.05, 4.69) is 4.98 Å². The highest BCUT2D eigenvalue weighted by Gasteiger charge is 2.41. The van der Waals surface area contributed by atoms with Crippen molar-refractivity contribution in [2.24, 2.45) is 0 Å². The highest BCUT2D eigenvalue weighted by atomic mass is 16.5. The van der Waals surface area contributed by atoms with Crippen LogP contribution in [0.1, 0.15) is 29.4 Å². The van der Waals surface area contributed by atoms with E-state index in [4.69, 9.17) is 4.74 Å². The van der Waals surface area contributed by atoms with Gasteiger partial charge in [-0.3, -0.25) is 9.78 Å². The Bertz CT molecular complexity index is 698. The van der Waals surface area contributed by atoms with Crippen LogP contribution in [0, 0.1) is 6.92 Å². The van der Waals surface area contributed by atoms with Crippen molar-refractivity contribution in [2.45, 2.75) is 32.0 Å². The van der Waals surface area contributed by atoms with Crippen molar-refractivity contribution in [1.29, 1.82) is 0 Å². The summed E-state index contributed by atoms with van der Waals surface area (Å²) < 4.78 is 5.95. The van der Waals surface area contributed by atoms with E-state index in [0.717, 1.165) is 5.69 Å². The Morgan fingerprint density at radius 3 is 2.71 bits per heavy atom. The molecule has 1 N–H and O–H groups in total. The molecule has 1 fully saturated rings. The second-order valence-electron chi connectivity index (χ2n) is 6.47. The van der Waals surface area contributed by atoms with Gasteiger partial charge in [-0.2, -0.15) is 0 Å². The summed E-state index contributed by atoms with van der Waals surface area (Å²) in [6.07, 6.45) is 1.59. The van der Waals surface area contributed by atoms with Crippen molar-refractivity contribution >= 4 is 5.91 Å². The van der Waals surface area contributed by atoms with Crippen LogP contribution < -0.4 is 4.74 Å². The number of aliphatic hydroxyl groups is 1. The van der Waals surface area contributed by atoms with Crippen LogP contribution >= 0.6 is 0 Å². The molecule has 0 spiro atoms. The Balaban J connectivity index is 1.75. The van der Waals surface area contributed by atoms with Crippen molar-refractivity contribution in [1.82, 2.24) is 9.88 Å². The number of likely N-dealkylation sites (tertiary alicyclic amines) is 1. The number of nitrogens with zero attached hydrogens (tertiary/aromatic N) is 2. The van der Waals surface area contributed by atoms with Gasteiger partial charge in [-0.1, -0.05) is 18.2 Å². The molecule has 126 valence electrons. The van der Waals surface area contributed by atoms with Gasteiger partial charge in [0.15, 0.2) is 0 Å². The predicted octanol–water partition coefficient (Wildman–Crippen LogP) is 2.43. The Morgan fingerprint density at radius 2 is 2.04 bits per heavy atom. The monoisotopic (exact) mass is 326 g/mol. The highest BCUT2D eigenvalue weighted by Crippen LogP contribution is 2.27. The van der Waals surface area contributed by atoms with Crippen molar-refractivity contribution < 1.29 is 14.6 Å². The molecule has 0 saturated carbocycles. The maximum absolute atomic E-state index is 12.7. The zero-order valence-corrected chi connectivity index (χ0v) is 14.0. The lowest BCUT2D eigenvalue weighted by molar-refractivity contribution is -0.0881. The van der Waals surface area contributed by atoms with Crippen LogP contribution in [0.15, 0.2) is 48.7 Å². The lowest BCUT2D eigenvalue weighted by Gasteiger charge is -2.42. The number of rotatable bonds is 3. The van der Waals surface area contributed by atoms with Crippen LogP contribution in [0.2, 0.25) is 0 Å². The maximum atomic E-state index is 12.7. The number of amides is 1. The first-order valence-electron chi connectivity index (χ1n) is 8.12. The van der Waals surface area contributed by atoms with Crippen LogP contribution in [0.3, 0.4) is 0 Å². The summed E-state index contributed by atoms with van der Waals surface area (Å²) in [5.74, 6) is 0.605. The number of hydrogen-bond acceptors (Lipinski definition) is 4. The van der Waals surface area contributed by atoms with Crippen LogP contribution in [0.25, 0.3) is 0 Å². The molecule has 5 heteroatoms. The third-order valence-electron chi connectivity index (χ3n) is 4.43. The standard InChI is InChI=1S/C19H22N2O3/c1-14-8-9-15(12-20-14)18(22)21-11-10-19(2,23)17(13-21)24-16-6-4-3-5-7-16/h3-9,12,17,23H,10-11,13H2,1-2H3/t17-,19-/m0/s1. The molecule has 1 aliphatic heterocycles. The Kier molecular flexibility index (Phi) is 4.53. The molecule has 1 aliphatic rings. The van der Waals surface area contributed by atoms with Crippen LogP contribution in [0.5, 0.6) is 5.75 Å². The Morgan fingerprint density at radius 1 is 1.29 bits per heavy atom. The van der Waals surface area contributed by atoms with E-state index in [1.54, 1.807) is 24.1 Å². The fourth-order valence-electron chi connectivity index (χ4n) is 2.80. The predicted molar refractivity (Wildman–Crippen MR) is 91.0 cm³/mol. The quantitative estimate of drug-likeness (QED) is 0.941. The smallest absolute Gasteiger partial charge is 0.255 e. The van der Waals surface area contributed by atoms with E-state index < -0.39 is 11.7 Å². The van der Waals surface area contributed by atoms with Crippen molar-refractivity contribution in [3.05, 3.63) is 59.9 Å². The first-order valence-corrected chi connectivity index (χ1v) is 8.12. The van der Waals surface area contributed by atoms with Gasteiger partial charge in [0.1, 0.15) is 17.5 Å². The number of carbonyl (C=O) groups excluding carboxylic acids is 1. The number of hydrogen-bond donors (Lipinski definition) is 1. The zero-order chi connectivity index (χ0) is 17.2. The average molecular weight is 326 g/mol. The van der Waals surface area contributed by atoms with E-state index in [1.165, 1.54) is 0 Å². The molecular formula is C19H22N2O3. The molecule has 1 aromatic heterocycles. The number of pyridine rings is 1. The minimum atomic E-state index is -0.974. The molecule has 0 radical (unpaired) electrons. The summed E-state index contributed by atoms with van der Waals surface area (Å²) in [5.41, 5.74) is 0.456. The van der Waals surface area contributed by atoms with Crippen LogP contribution in [0.4, 0.5) is 0 Å². The highest BCUT2D eigenvalue weighted by molar-refractivity contribution is 5.94. The van der Waals surface area contributed by atoms with Gasteiger partial charge in [-0.25, -0.2) is 0 Å². The first kappa shape index (κ1) is 16.5. The molecule has 24 heavy (non-hydrogen) atoms. The van der Waals surface area contributed by atoms with E-state index in [9.17, 15) is 9.90 Å². The van der Waals surface area contributed by atoms with Gasteiger partial charge < -0.3 is 14.7 Å². The molecular weight excluding hydrogens is 304 g/mol. The molecule has 0 aliphatic carbocycles. The summed E-state index contributed by atoms with van der Waals surface area (Å²) in [6.45, 7) is 4.48. The van der Waals surface area contributed by atoms with E-state index in [-0.39, 0.29) is 5.91 Å². The molecule has 5 nitrogen and oxygen atoms in total. The van der Waals surface area contributed by atoms with Gasteiger partial charge in [-0.15, -0.1) is 0 Å². The van der Waals surface area contributed by atoms with E-state index >= 15 is 0 Å². The van der Waals surface area contributed by atoms with Gasteiger partial charge in [0.25, 0.3) is 5.91 Å². The fraction of sp³-hybridized carbons (Fsp3) is 0.368. The van der Waals surface area contributed by atoms with Crippen molar-refractivity contribution in [3.8, 4) is 5.75 Å². The number of carbonyl (C=O) groups is 1. The zero-order valence-electron chi connectivity index (χ0n) is 14.0. The molecule has 1 amide bonds. The Hall–Kier alpha value is -2.40. The average Bonchev–Trinajstić information content (AvgIpc) is 2.58. The molecule has 2 aromatic rings. The van der Waals surface area contributed by atoms with E-state index in [0.29, 0.717) is 30.8 Å². The van der Waals surface area contributed by atoms with Gasteiger partial charge in [0.2, 0.25) is 0 Å². The number of piperidine rings is 1. The van der Waals surface area contributed by atoms with Crippen molar-refractivity contribution in [2.75, 3.05) is 13.1 Å². The first-order chi connectivity index (χ1) is 11.5. The summed E-state index contributed by atoms with van der Waals surface area (Å²) in [7, 11) is 0. The van der Waals surface area contributed by atoms with Gasteiger partial charge >= 0.3 is 0 Å². The molecule has 1 aromatic carbocycles. The van der Waals surface area contributed by atoms with E-state index in [1.807, 2.05) is 43.3 Å². The topological polar surface area (TPSA) is 62.7 Å². The molecule has 1 saturated heterocycles. The maximum Gasteiger partial charge on any atom is 0.255 e. The summed E-state index contributed by atoms with van der Waals surface area (Å²) in [6, 6.07) is 13.0. The number of aromatic nitrogens is 1. The SMILES string of the molecule is Cc1ccc(C(=O)N2CC[C@](C)(O)[C@@H](Oc3ccccc3)C2)cn1. The number of benzene rings is 1. The second kappa shape index (κ2) is 6.61. The van der Waals surface area contributed by atoms with Gasteiger partial charge in [0, 0.05) is 18.4 Å². The molecule has 0 unspecified atom stereocenters. The summed E-state index contributed by atoms with van der Waals surface area (Å²) >= 11 is 0. The minimum absolute atomic E-state index is 0.0836. The summed E-state index contributed by atoms with van der Waals surface area (Å²) in [4.78, 5) is 18.6.